The predicted octanol–water partition coefficient (Wildman–Crippen LogP) is 3.91. The quantitative estimate of drug-likeness (QED) is 0.626. The van der Waals surface area contributed by atoms with Gasteiger partial charge in [-0.2, -0.15) is 0 Å². The maximum atomic E-state index is 13.8. The minimum absolute atomic E-state index is 0.0207. The van der Waals surface area contributed by atoms with E-state index in [-0.39, 0.29) is 22.2 Å². The minimum Gasteiger partial charge on any atom is -0.462 e. The predicted molar refractivity (Wildman–Crippen MR) is 73.8 cm³/mol. The Morgan fingerprint density at radius 3 is 2.58 bits per heavy atom. The fraction of sp³-hybridized carbons (Fsp3) is 0.462. The summed E-state index contributed by atoms with van der Waals surface area (Å²) >= 11 is 12.2. The molecular weight excluding hydrogens is 292 g/mol. The molecule has 19 heavy (non-hydrogen) atoms. The number of rotatable bonds is 3. The van der Waals surface area contributed by atoms with Crippen molar-refractivity contribution >= 4 is 34.9 Å². The highest BCUT2D eigenvalue weighted by Crippen LogP contribution is 2.40. The van der Waals surface area contributed by atoms with Crippen LogP contribution in [0.5, 0.6) is 0 Å². The van der Waals surface area contributed by atoms with Crippen molar-refractivity contribution in [1.82, 2.24) is 0 Å². The van der Waals surface area contributed by atoms with Gasteiger partial charge in [-0.25, -0.2) is 9.18 Å². The van der Waals surface area contributed by atoms with Gasteiger partial charge in [-0.1, -0.05) is 23.2 Å². The molecule has 0 bridgehead atoms. The standard InChI is InChI=1S/C13H14Cl2FNO2/c1-2-19-13(18)8-7-9(16)11(15)12(10(8)14)17-5-3-4-6-17/h7H,2-6H2,1H3. The number of benzene rings is 1. The lowest BCUT2D eigenvalue weighted by Gasteiger charge is -2.22. The first-order valence-corrected chi connectivity index (χ1v) is 6.91. The number of halogens is 3. The van der Waals surface area contributed by atoms with Crippen LogP contribution in [0.15, 0.2) is 6.07 Å². The summed E-state index contributed by atoms with van der Waals surface area (Å²) in [7, 11) is 0. The number of hydrogen-bond donors (Lipinski definition) is 0. The first-order valence-electron chi connectivity index (χ1n) is 6.15. The Labute approximate surface area is 121 Å². The molecule has 2 rings (SSSR count). The Morgan fingerprint density at radius 1 is 1.37 bits per heavy atom. The highest BCUT2D eigenvalue weighted by molar-refractivity contribution is 6.41. The molecule has 0 N–H and O–H groups in total. The maximum Gasteiger partial charge on any atom is 0.339 e. The van der Waals surface area contributed by atoms with Gasteiger partial charge in [0.25, 0.3) is 0 Å². The van der Waals surface area contributed by atoms with Gasteiger partial charge in [0, 0.05) is 13.1 Å². The van der Waals surface area contributed by atoms with Crippen molar-refractivity contribution in [2.75, 3.05) is 24.6 Å². The Morgan fingerprint density at radius 2 is 2.00 bits per heavy atom. The summed E-state index contributed by atoms with van der Waals surface area (Å²) in [5.74, 6) is -1.29. The lowest BCUT2D eigenvalue weighted by Crippen LogP contribution is -2.20. The second kappa shape index (κ2) is 5.97. The van der Waals surface area contributed by atoms with Gasteiger partial charge in [-0.15, -0.1) is 0 Å². The van der Waals surface area contributed by atoms with Gasteiger partial charge in [0.2, 0.25) is 0 Å². The third-order valence-corrected chi connectivity index (χ3v) is 3.79. The highest BCUT2D eigenvalue weighted by atomic mass is 35.5. The summed E-state index contributed by atoms with van der Waals surface area (Å²) in [5.41, 5.74) is 0.413. The lowest BCUT2D eigenvalue weighted by molar-refractivity contribution is 0.0526. The summed E-state index contributed by atoms with van der Waals surface area (Å²) in [6.45, 7) is 3.40. The van der Waals surface area contributed by atoms with Crippen LogP contribution in [0.25, 0.3) is 0 Å². The Bertz CT molecular complexity index is 502. The van der Waals surface area contributed by atoms with Crippen molar-refractivity contribution in [1.29, 1.82) is 0 Å². The molecule has 104 valence electrons. The van der Waals surface area contributed by atoms with E-state index < -0.39 is 11.8 Å². The first-order chi connectivity index (χ1) is 9.06. The average molecular weight is 306 g/mol. The van der Waals surface area contributed by atoms with Crippen molar-refractivity contribution in [3.8, 4) is 0 Å². The van der Waals surface area contributed by atoms with Crippen LogP contribution in [0.2, 0.25) is 10.0 Å². The number of carbonyl (C=O) groups excluding carboxylic acids is 1. The third kappa shape index (κ3) is 2.79. The maximum absolute atomic E-state index is 13.8. The zero-order valence-corrected chi connectivity index (χ0v) is 12.0. The van der Waals surface area contributed by atoms with Gasteiger partial charge in [0.05, 0.1) is 22.9 Å². The fourth-order valence-corrected chi connectivity index (χ4v) is 2.83. The summed E-state index contributed by atoms with van der Waals surface area (Å²) in [4.78, 5) is 13.7. The van der Waals surface area contributed by atoms with Crippen LogP contribution in [0, 0.1) is 5.82 Å². The van der Waals surface area contributed by atoms with Gasteiger partial charge < -0.3 is 9.64 Å². The monoisotopic (exact) mass is 305 g/mol. The Hall–Kier alpha value is -1.00. The number of esters is 1. The van der Waals surface area contributed by atoms with Crippen molar-refractivity contribution in [2.45, 2.75) is 19.8 Å². The number of ether oxygens (including phenoxy) is 1. The number of nitrogens with zero attached hydrogens (tertiary/aromatic N) is 1. The molecule has 1 aliphatic heterocycles. The fourth-order valence-electron chi connectivity index (χ4n) is 2.17. The van der Waals surface area contributed by atoms with Crippen LogP contribution >= 0.6 is 23.2 Å². The molecule has 0 radical (unpaired) electrons. The van der Waals surface area contributed by atoms with E-state index in [1.165, 1.54) is 0 Å². The van der Waals surface area contributed by atoms with E-state index in [1.807, 2.05) is 4.90 Å². The second-order valence-corrected chi connectivity index (χ2v) is 5.05. The topological polar surface area (TPSA) is 29.5 Å². The number of carbonyl (C=O) groups is 1. The zero-order valence-electron chi connectivity index (χ0n) is 10.5. The second-order valence-electron chi connectivity index (χ2n) is 4.30. The van der Waals surface area contributed by atoms with E-state index in [0.29, 0.717) is 5.69 Å². The molecule has 6 heteroatoms. The molecule has 1 aliphatic rings. The smallest absolute Gasteiger partial charge is 0.339 e. The molecule has 0 unspecified atom stereocenters. The van der Waals surface area contributed by atoms with Crippen LogP contribution in [0.3, 0.4) is 0 Å². The molecule has 0 spiro atoms. The van der Waals surface area contributed by atoms with Gasteiger partial charge in [0.15, 0.2) is 0 Å². The van der Waals surface area contributed by atoms with E-state index in [0.717, 1.165) is 32.0 Å². The third-order valence-electron chi connectivity index (χ3n) is 3.05. The van der Waals surface area contributed by atoms with E-state index >= 15 is 0 Å². The normalized spacial score (nSPS) is 14.8. The van der Waals surface area contributed by atoms with E-state index in [9.17, 15) is 9.18 Å². The summed E-state index contributed by atoms with van der Waals surface area (Å²) in [5, 5.41) is 0.117. The minimum atomic E-state index is -0.656. The van der Waals surface area contributed by atoms with Crippen LogP contribution < -0.4 is 4.90 Å². The summed E-state index contributed by atoms with van der Waals surface area (Å²) < 4.78 is 18.7. The lowest BCUT2D eigenvalue weighted by atomic mass is 10.1. The van der Waals surface area contributed by atoms with Crippen LogP contribution in [-0.4, -0.2) is 25.7 Å². The molecule has 0 amide bonds. The van der Waals surface area contributed by atoms with E-state index in [4.69, 9.17) is 27.9 Å². The molecular formula is C13H14Cl2FNO2. The average Bonchev–Trinajstić information content (AvgIpc) is 2.88. The molecule has 1 saturated heterocycles. The summed E-state index contributed by atoms with van der Waals surface area (Å²) in [6, 6.07) is 1.03. The van der Waals surface area contributed by atoms with Crippen molar-refractivity contribution in [2.24, 2.45) is 0 Å². The van der Waals surface area contributed by atoms with Crippen LogP contribution in [0.1, 0.15) is 30.1 Å². The van der Waals surface area contributed by atoms with Crippen molar-refractivity contribution < 1.29 is 13.9 Å². The molecule has 0 saturated carbocycles. The van der Waals surface area contributed by atoms with Crippen LogP contribution in [0.4, 0.5) is 10.1 Å². The number of anilines is 1. The van der Waals surface area contributed by atoms with Gasteiger partial charge >= 0.3 is 5.97 Å². The van der Waals surface area contributed by atoms with E-state index in [2.05, 4.69) is 0 Å². The molecule has 0 aliphatic carbocycles. The molecule has 0 aromatic heterocycles. The van der Waals surface area contributed by atoms with Gasteiger partial charge in [-0.05, 0) is 25.8 Å². The van der Waals surface area contributed by atoms with Gasteiger partial charge in [0.1, 0.15) is 10.8 Å². The Kier molecular flexibility index (Phi) is 4.53. The molecule has 0 atom stereocenters. The first kappa shape index (κ1) is 14.4. The van der Waals surface area contributed by atoms with Crippen molar-refractivity contribution in [3.63, 3.8) is 0 Å². The van der Waals surface area contributed by atoms with Gasteiger partial charge in [-0.3, -0.25) is 0 Å². The largest absolute Gasteiger partial charge is 0.462 e. The molecule has 1 fully saturated rings. The molecule has 1 heterocycles. The molecule has 1 aromatic rings. The summed E-state index contributed by atoms with van der Waals surface area (Å²) in [6.07, 6.45) is 2.00. The van der Waals surface area contributed by atoms with E-state index in [1.54, 1.807) is 6.92 Å². The SMILES string of the molecule is CCOC(=O)c1cc(F)c(Cl)c(N2CCCC2)c1Cl. The zero-order chi connectivity index (χ0) is 14.0. The highest BCUT2D eigenvalue weighted by Gasteiger charge is 2.26. The number of hydrogen-bond acceptors (Lipinski definition) is 3. The van der Waals surface area contributed by atoms with Crippen LogP contribution in [-0.2, 0) is 4.74 Å². The van der Waals surface area contributed by atoms with Crippen molar-refractivity contribution in [3.05, 3.63) is 27.5 Å². The molecule has 3 nitrogen and oxygen atoms in total. The molecule has 1 aromatic carbocycles. The Balaban J connectivity index is 2.49.